The van der Waals surface area contributed by atoms with Crippen LogP contribution in [0, 0.1) is 12.7 Å². The first-order chi connectivity index (χ1) is 16.4. The summed E-state index contributed by atoms with van der Waals surface area (Å²) < 4.78 is 19.5. The summed E-state index contributed by atoms with van der Waals surface area (Å²) in [6.07, 6.45) is 0. The number of benzene rings is 3. The van der Waals surface area contributed by atoms with Gasteiger partial charge in [0.1, 0.15) is 17.3 Å². The van der Waals surface area contributed by atoms with E-state index in [0.29, 0.717) is 27.1 Å². The molecule has 1 amide bonds. The molecule has 34 heavy (non-hydrogen) atoms. The second kappa shape index (κ2) is 8.39. The number of amides is 1. The van der Waals surface area contributed by atoms with Gasteiger partial charge in [-0.3, -0.25) is 14.5 Å². The number of fused-ring (bicyclic) bond motifs is 1. The van der Waals surface area contributed by atoms with Crippen molar-refractivity contribution in [3.8, 4) is 5.75 Å². The number of ether oxygens (including phenoxy) is 1. The summed E-state index contributed by atoms with van der Waals surface area (Å²) in [5.74, 6) is -1.71. The highest BCUT2D eigenvalue weighted by Gasteiger charge is 2.48. The fourth-order valence-corrected chi connectivity index (χ4v) is 5.00. The van der Waals surface area contributed by atoms with Crippen molar-refractivity contribution in [3.63, 3.8) is 0 Å². The fourth-order valence-electron chi connectivity index (χ4n) is 3.99. The monoisotopic (exact) mass is 474 g/mol. The molecule has 0 aliphatic carbocycles. The highest BCUT2D eigenvalue weighted by atomic mass is 32.1. The zero-order chi connectivity index (χ0) is 24.0. The van der Waals surface area contributed by atoms with Crippen molar-refractivity contribution in [2.75, 3.05) is 12.0 Å². The van der Waals surface area contributed by atoms with Gasteiger partial charge in [-0.1, -0.05) is 53.3 Å². The van der Waals surface area contributed by atoms with E-state index < -0.39 is 23.5 Å². The third kappa shape index (κ3) is 3.62. The van der Waals surface area contributed by atoms with E-state index in [2.05, 4.69) is 4.98 Å². The smallest absolute Gasteiger partial charge is 0.301 e. The number of methoxy groups -OCH3 is 1. The van der Waals surface area contributed by atoms with Crippen molar-refractivity contribution in [2.24, 2.45) is 0 Å². The molecule has 5 rings (SSSR count). The molecule has 4 aromatic rings. The van der Waals surface area contributed by atoms with Crippen molar-refractivity contribution >= 4 is 44.1 Å². The third-order valence-corrected chi connectivity index (χ3v) is 6.76. The lowest BCUT2D eigenvalue weighted by atomic mass is 9.95. The van der Waals surface area contributed by atoms with E-state index in [1.807, 2.05) is 19.1 Å². The van der Waals surface area contributed by atoms with Crippen molar-refractivity contribution in [1.82, 2.24) is 4.98 Å². The van der Waals surface area contributed by atoms with E-state index in [-0.39, 0.29) is 16.5 Å². The Kier molecular flexibility index (Phi) is 5.37. The van der Waals surface area contributed by atoms with Crippen LogP contribution in [0.3, 0.4) is 0 Å². The van der Waals surface area contributed by atoms with Gasteiger partial charge in [-0.15, -0.1) is 0 Å². The van der Waals surface area contributed by atoms with Crippen LogP contribution in [0.1, 0.15) is 22.7 Å². The van der Waals surface area contributed by atoms with Gasteiger partial charge in [0.15, 0.2) is 5.13 Å². The van der Waals surface area contributed by atoms with Gasteiger partial charge in [0.25, 0.3) is 5.78 Å². The predicted molar refractivity (Wildman–Crippen MR) is 129 cm³/mol. The SMILES string of the molecule is COc1ccc([C@@H]2/C(=C(\O)c3ccc(C)cc3)C(=O)C(=O)N2c2nc3ccc(F)cc3s2)cc1. The lowest BCUT2D eigenvalue weighted by molar-refractivity contribution is -0.132. The number of ketones is 1. The number of Topliss-reactive ketones (excluding diaryl/α,β-unsaturated/α-hetero) is 1. The van der Waals surface area contributed by atoms with Crippen molar-refractivity contribution in [1.29, 1.82) is 0 Å². The van der Waals surface area contributed by atoms with Gasteiger partial charge in [-0.25, -0.2) is 9.37 Å². The number of aryl methyl sites for hydroxylation is 1. The number of aliphatic hydroxyl groups is 1. The minimum Gasteiger partial charge on any atom is -0.507 e. The summed E-state index contributed by atoms with van der Waals surface area (Å²) in [6.45, 7) is 1.91. The first-order valence-electron chi connectivity index (χ1n) is 10.5. The Morgan fingerprint density at radius 3 is 2.44 bits per heavy atom. The minimum absolute atomic E-state index is 0.0375. The molecule has 3 aromatic carbocycles. The molecule has 8 heteroatoms. The molecule has 0 saturated carbocycles. The average Bonchev–Trinajstić information content (AvgIpc) is 3.37. The van der Waals surface area contributed by atoms with E-state index in [1.165, 1.54) is 23.1 Å². The predicted octanol–water partition coefficient (Wildman–Crippen LogP) is 5.38. The quantitative estimate of drug-likeness (QED) is 0.244. The molecular formula is C26H19FN2O4S. The standard InChI is InChI=1S/C26H19FN2O4S/c1-14-3-5-16(6-4-14)23(30)21-22(15-7-10-18(33-2)11-8-15)29(25(32)24(21)31)26-28-19-12-9-17(27)13-20(19)34-26/h3-13,22,30H,1-2H3/b23-21+/t22-/m1/s1. The molecule has 0 unspecified atom stereocenters. The molecule has 170 valence electrons. The summed E-state index contributed by atoms with van der Waals surface area (Å²) in [5, 5.41) is 11.4. The molecule has 0 spiro atoms. The van der Waals surface area contributed by atoms with E-state index in [1.54, 1.807) is 43.5 Å². The largest absolute Gasteiger partial charge is 0.507 e. The molecule has 1 atom stereocenters. The maximum Gasteiger partial charge on any atom is 0.301 e. The number of thiazole rings is 1. The zero-order valence-corrected chi connectivity index (χ0v) is 19.1. The van der Waals surface area contributed by atoms with Gasteiger partial charge in [0, 0.05) is 5.56 Å². The second-order valence-corrected chi connectivity index (χ2v) is 8.93. The number of rotatable bonds is 4. The Balaban J connectivity index is 1.72. The van der Waals surface area contributed by atoms with Crippen molar-refractivity contribution in [2.45, 2.75) is 13.0 Å². The second-order valence-electron chi connectivity index (χ2n) is 7.92. The van der Waals surface area contributed by atoms with Gasteiger partial charge in [-0.2, -0.15) is 0 Å². The minimum atomic E-state index is -0.919. The lowest BCUT2D eigenvalue weighted by Gasteiger charge is -2.23. The normalized spacial score (nSPS) is 17.5. The summed E-state index contributed by atoms with van der Waals surface area (Å²) in [4.78, 5) is 32.2. The molecule has 6 nitrogen and oxygen atoms in total. The van der Waals surface area contributed by atoms with E-state index in [0.717, 1.165) is 16.9 Å². The Labute approximate surface area is 198 Å². The molecule has 1 saturated heterocycles. The molecule has 2 heterocycles. The number of aliphatic hydroxyl groups excluding tert-OH is 1. The zero-order valence-electron chi connectivity index (χ0n) is 18.3. The highest BCUT2D eigenvalue weighted by Crippen LogP contribution is 2.44. The van der Waals surface area contributed by atoms with Gasteiger partial charge < -0.3 is 9.84 Å². The molecule has 1 aliphatic rings. The summed E-state index contributed by atoms with van der Waals surface area (Å²) >= 11 is 1.10. The van der Waals surface area contributed by atoms with Crippen LogP contribution in [0.5, 0.6) is 5.75 Å². The van der Waals surface area contributed by atoms with Gasteiger partial charge in [0.05, 0.1) is 28.9 Å². The molecule has 1 N–H and O–H groups in total. The molecule has 1 fully saturated rings. The van der Waals surface area contributed by atoms with Crippen LogP contribution < -0.4 is 9.64 Å². The molecule has 0 radical (unpaired) electrons. The van der Waals surface area contributed by atoms with E-state index >= 15 is 0 Å². The van der Waals surface area contributed by atoms with Crippen molar-refractivity contribution < 1.29 is 23.8 Å². The van der Waals surface area contributed by atoms with E-state index in [9.17, 15) is 19.1 Å². The fraction of sp³-hybridized carbons (Fsp3) is 0.115. The summed E-state index contributed by atoms with van der Waals surface area (Å²) in [6, 6.07) is 17.2. The van der Waals surface area contributed by atoms with Gasteiger partial charge in [-0.05, 0) is 42.8 Å². The number of carbonyl (C=O) groups is 2. The maximum absolute atomic E-state index is 13.8. The maximum atomic E-state index is 13.8. The number of aromatic nitrogens is 1. The molecule has 0 bridgehead atoms. The lowest BCUT2D eigenvalue weighted by Crippen LogP contribution is -2.29. The Hall–Kier alpha value is -4.04. The number of hydrogen-bond acceptors (Lipinski definition) is 6. The van der Waals surface area contributed by atoms with Crippen LogP contribution in [0.2, 0.25) is 0 Å². The van der Waals surface area contributed by atoms with Gasteiger partial charge in [0.2, 0.25) is 0 Å². The van der Waals surface area contributed by atoms with Crippen LogP contribution in [-0.2, 0) is 9.59 Å². The Morgan fingerprint density at radius 2 is 1.76 bits per heavy atom. The third-order valence-electron chi connectivity index (χ3n) is 5.75. The number of carbonyl (C=O) groups excluding carboxylic acids is 2. The number of halogens is 1. The van der Waals surface area contributed by atoms with Crippen LogP contribution in [-0.4, -0.2) is 28.9 Å². The van der Waals surface area contributed by atoms with Gasteiger partial charge >= 0.3 is 5.91 Å². The first kappa shape index (κ1) is 21.8. The number of nitrogens with zero attached hydrogens (tertiary/aromatic N) is 2. The Bertz CT molecular complexity index is 1460. The molecule has 1 aromatic heterocycles. The summed E-state index contributed by atoms with van der Waals surface area (Å²) in [5.41, 5.74) is 2.48. The summed E-state index contributed by atoms with van der Waals surface area (Å²) in [7, 11) is 1.54. The Morgan fingerprint density at radius 1 is 1.06 bits per heavy atom. The van der Waals surface area contributed by atoms with Crippen LogP contribution in [0.4, 0.5) is 9.52 Å². The van der Waals surface area contributed by atoms with E-state index in [4.69, 9.17) is 4.74 Å². The topological polar surface area (TPSA) is 79.7 Å². The van der Waals surface area contributed by atoms with Crippen LogP contribution in [0.15, 0.2) is 72.3 Å². The van der Waals surface area contributed by atoms with Crippen molar-refractivity contribution in [3.05, 3.63) is 94.8 Å². The number of hydrogen-bond donors (Lipinski definition) is 1. The first-order valence-corrected chi connectivity index (χ1v) is 11.3. The molecular weight excluding hydrogens is 455 g/mol. The van der Waals surface area contributed by atoms with Crippen LogP contribution >= 0.6 is 11.3 Å². The average molecular weight is 475 g/mol. The van der Waals surface area contributed by atoms with Crippen LogP contribution in [0.25, 0.3) is 16.0 Å². The number of anilines is 1. The highest BCUT2D eigenvalue weighted by molar-refractivity contribution is 7.22. The molecule has 1 aliphatic heterocycles.